The van der Waals surface area contributed by atoms with E-state index in [0.29, 0.717) is 21.9 Å². The molecule has 0 atom stereocenters. The number of alkyl halides is 3. The quantitative estimate of drug-likeness (QED) is 0.637. The smallest absolute Gasteiger partial charge is 0.305 e. The van der Waals surface area contributed by atoms with Crippen molar-refractivity contribution in [3.05, 3.63) is 59.4 Å². The van der Waals surface area contributed by atoms with Gasteiger partial charge < -0.3 is 4.40 Å². The summed E-state index contributed by atoms with van der Waals surface area (Å²) in [7, 11) is 0. The predicted molar refractivity (Wildman–Crippen MR) is 70.6 cm³/mol. The van der Waals surface area contributed by atoms with Crippen molar-refractivity contribution < 1.29 is 13.2 Å². The Bertz CT molecular complexity index is 777. The zero-order chi connectivity index (χ0) is 14.3. The first-order valence-corrected chi connectivity index (χ1v) is 6.14. The molecule has 0 unspecified atom stereocenters. The minimum atomic E-state index is -4.37. The van der Waals surface area contributed by atoms with E-state index in [4.69, 9.17) is 11.6 Å². The molecule has 2 aromatic heterocycles. The lowest BCUT2D eigenvalue weighted by Gasteiger charge is -2.07. The highest BCUT2D eigenvalue weighted by Gasteiger charge is 2.30. The predicted octanol–water partition coefficient (Wildman–Crippen LogP) is 4.67. The summed E-state index contributed by atoms with van der Waals surface area (Å²) in [5.41, 5.74) is 0.670. The third kappa shape index (κ3) is 2.25. The van der Waals surface area contributed by atoms with Gasteiger partial charge >= 0.3 is 6.18 Å². The Labute approximate surface area is 117 Å². The van der Waals surface area contributed by atoms with Gasteiger partial charge in [0.15, 0.2) is 5.65 Å². The van der Waals surface area contributed by atoms with E-state index >= 15 is 0 Å². The van der Waals surface area contributed by atoms with Crippen LogP contribution >= 0.6 is 11.6 Å². The fraction of sp³-hybridized carbons (Fsp3) is 0.0714. The van der Waals surface area contributed by atoms with Crippen LogP contribution < -0.4 is 0 Å². The van der Waals surface area contributed by atoms with E-state index in [1.165, 1.54) is 6.07 Å². The number of halogens is 4. The third-order valence-corrected chi connectivity index (χ3v) is 3.22. The highest BCUT2D eigenvalue weighted by molar-refractivity contribution is 6.33. The van der Waals surface area contributed by atoms with E-state index < -0.39 is 11.7 Å². The first kappa shape index (κ1) is 13.0. The first-order valence-electron chi connectivity index (χ1n) is 5.76. The Kier molecular flexibility index (Phi) is 2.94. The summed E-state index contributed by atoms with van der Waals surface area (Å²) >= 11 is 6.00. The van der Waals surface area contributed by atoms with Crippen LogP contribution in [0.15, 0.2) is 48.8 Å². The summed E-state index contributed by atoms with van der Waals surface area (Å²) in [6.45, 7) is 0. The molecule has 0 saturated carbocycles. The average molecular weight is 297 g/mol. The highest BCUT2D eigenvalue weighted by Crippen LogP contribution is 2.32. The van der Waals surface area contributed by atoms with Crippen LogP contribution in [0.5, 0.6) is 0 Å². The van der Waals surface area contributed by atoms with Crippen molar-refractivity contribution in [2.75, 3.05) is 0 Å². The molecule has 0 fully saturated rings. The fourth-order valence-electron chi connectivity index (χ4n) is 1.97. The molecular weight excluding hydrogens is 289 g/mol. The molecule has 0 amide bonds. The van der Waals surface area contributed by atoms with Crippen molar-refractivity contribution in [2.45, 2.75) is 6.18 Å². The molecule has 0 radical (unpaired) electrons. The zero-order valence-corrected chi connectivity index (χ0v) is 10.8. The molecule has 6 heteroatoms. The van der Waals surface area contributed by atoms with Crippen molar-refractivity contribution in [3.63, 3.8) is 0 Å². The second-order valence-corrected chi connectivity index (χ2v) is 4.70. The molecule has 102 valence electrons. The SMILES string of the molecule is FC(F)(F)c1cccc(-c2cn3cccc(Cl)c3n2)c1. The van der Waals surface area contributed by atoms with E-state index in [0.717, 1.165) is 12.1 Å². The number of fused-ring (bicyclic) bond motifs is 1. The maximum absolute atomic E-state index is 12.7. The molecule has 0 aliphatic carbocycles. The van der Waals surface area contributed by atoms with E-state index in [1.54, 1.807) is 35.0 Å². The molecule has 0 spiro atoms. The van der Waals surface area contributed by atoms with Gasteiger partial charge in [-0.3, -0.25) is 0 Å². The van der Waals surface area contributed by atoms with Gasteiger partial charge in [-0.25, -0.2) is 4.98 Å². The van der Waals surface area contributed by atoms with Gasteiger partial charge in [-0.15, -0.1) is 0 Å². The van der Waals surface area contributed by atoms with Gasteiger partial charge in [0, 0.05) is 18.0 Å². The lowest BCUT2D eigenvalue weighted by molar-refractivity contribution is -0.137. The molecule has 1 aromatic carbocycles. The molecule has 0 N–H and O–H groups in total. The molecule has 3 rings (SSSR count). The number of aromatic nitrogens is 2. The van der Waals surface area contributed by atoms with Crippen molar-refractivity contribution in [1.82, 2.24) is 9.38 Å². The molecular formula is C14H8ClF3N2. The van der Waals surface area contributed by atoms with Gasteiger partial charge in [-0.2, -0.15) is 13.2 Å². The number of hydrogen-bond donors (Lipinski definition) is 0. The van der Waals surface area contributed by atoms with Crippen LogP contribution in [0, 0.1) is 0 Å². The zero-order valence-electron chi connectivity index (χ0n) is 10.0. The van der Waals surface area contributed by atoms with Gasteiger partial charge in [0.2, 0.25) is 0 Å². The van der Waals surface area contributed by atoms with Crippen LogP contribution in [0.4, 0.5) is 13.2 Å². The minimum Gasteiger partial charge on any atom is -0.305 e. The molecule has 0 saturated heterocycles. The van der Waals surface area contributed by atoms with E-state index in [1.807, 2.05) is 0 Å². The van der Waals surface area contributed by atoms with Crippen molar-refractivity contribution in [2.24, 2.45) is 0 Å². The molecule has 2 nitrogen and oxygen atoms in total. The number of imidazole rings is 1. The third-order valence-electron chi connectivity index (χ3n) is 2.92. The summed E-state index contributed by atoms with van der Waals surface area (Å²) in [5.74, 6) is 0. The van der Waals surface area contributed by atoms with E-state index in [-0.39, 0.29) is 0 Å². The Morgan fingerprint density at radius 1 is 1.10 bits per heavy atom. The Morgan fingerprint density at radius 3 is 2.60 bits per heavy atom. The molecule has 2 heterocycles. The Hall–Kier alpha value is -2.01. The van der Waals surface area contributed by atoms with Crippen LogP contribution in [-0.2, 0) is 6.18 Å². The van der Waals surface area contributed by atoms with E-state index in [9.17, 15) is 13.2 Å². The molecule has 3 aromatic rings. The van der Waals surface area contributed by atoms with Gasteiger partial charge in [0.25, 0.3) is 0 Å². The van der Waals surface area contributed by atoms with Crippen molar-refractivity contribution in [3.8, 4) is 11.3 Å². The molecule has 0 aliphatic heterocycles. The highest BCUT2D eigenvalue weighted by atomic mass is 35.5. The summed E-state index contributed by atoms with van der Waals surface area (Å²) in [6.07, 6.45) is -0.977. The summed E-state index contributed by atoms with van der Waals surface area (Å²) in [6, 6.07) is 8.49. The van der Waals surface area contributed by atoms with Crippen LogP contribution in [0.2, 0.25) is 5.02 Å². The van der Waals surface area contributed by atoms with Crippen LogP contribution in [-0.4, -0.2) is 9.38 Å². The van der Waals surface area contributed by atoms with Gasteiger partial charge in [0.1, 0.15) is 0 Å². The van der Waals surface area contributed by atoms with Crippen LogP contribution in [0.3, 0.4) is 0 Å². The number of nitrogens with zero attached hydrogens (tertiary/aromatic N) is 2. The van der Waals surface area contributed by atoms with Gasteiger partial charge in [-0.1, -0.05) is 23.7 Å². The number of rotatable bonds is 1. The molecule has 0 aliphatic rings. The maximum Gasteiger partial charge on any atom is 0.416 e. The number of hydrogen-bond acceptors (Lipinski definition) is 1. The Balaban J connectivity index is 2.14. The minimum absolute atomic E-state index is 0.402. The lowest BCUT2D eigenvalue weighted by atomic mass is 10.1. The van der Waals surface area contributed by atoms with Gasteiger partial charge in [-0.05, 0) is 24.3 Å². The van der Waals surface area contributed by atoms with E-state index in [2.05, 4.69) is 4.98 Å². The Morgan fingerprint density at radius 2 is 1.90 bits per heavy atom. The van der Waals surface area contributed by atoms with Crippen LogP contribution in [0.1, 0.15) is 5.56 Å². The first-order chi connectivity index (χ1) is 9.45. The second-order valence-electron chi connectivity index (χ2n) is 4.29. The summed E-state index contributed by atoms with van der Waals surface area (Å²) in [4.78, 5) is 4.27. The summed E-state index contributed by atoms with van der Waals surface area (Å²) in [5, 5.41) is 0.450. The number of pyridine rings is 1. The van der Waals surface area contributed by atoms with Gasteiger partial charge in [0.05, 0.1) is 16.3 Å². The van der Waals surface area contributed by atoms with Crippen LogP contribution in [0.25, 0.3) is 16.9 Å². The standard InChI is InChI=1S/C14H8ClF3N2/c15-11-5-2-6-20-8-12(19-13(11)20)9-3-1-4-10(7-9)14(16,17)18/h1-8H. The monoisotopic (exact) mass is 296 g/mol. The molecule has 20 heavy (non-hydrogen) atoms. The normalized spacial score (nSPS) is 12.0. The summed E-state index contributed by atoms with van der Waals surface area (Å²) < 4.78 is 39.8. The maximum atomic E-state index is 12.7. The topological polar surface area (TPSA) is 17.3 Å². The van der Waals surface area contributed by atoms with Crippen molar-refractivity contribution >= 4 is 17.2 Å². The number of benzene rings is 1. The van der Waals surface area contributed by atoms with Crippen molar-refractivity contribution in [1.29, 1.82) is 0 Å². The molecule has 0 bridgehead atoms. The second kappa shape index (κ2) is 4.52. The average Bonchev–Trinajstić information content (AvgIpc) is 2.83. The lowest BCUT2D eigenvalue weighted by Crippen LogP contribution is -2.04. The largest absolute Gasteiger partial charge is 0.416 e. The fourth-order valence-corrected chi connectivity index (χ4v) is 2.19.